The highest BCUT2D eigenvalue weighted by Gasteiger charge is 2.09. The van der Waals surface area contributed by atoms with Crippen LogP contribution in [-0.4, -0.2) is 23.1 Å². The smallest absolute Gasteiger partial charge is 0.387 e. The highest BCUT2D eigenvalue weighted by Crippen LogP contribution is 2.29. The molecule has 2 aromatic rings. The molecular weight excluding hydrogens is 346 g/mol. The van der Waals surface area contributed by atoms with E-state index in [1.807, 2.05) is 6.92 Å². The first-order chi connectivity index (χ1) is 10.1. The van der Waals surface area contributed by atoms with Crippen molar-refractivity contribution in [1.82, 2.24) is 9.97 Å². The summed E-state index contributed by atoms with van der Waals surface area (Å²) in [6, 6.07) is 6.15. The van der Waals surface area contributed by atoms with Gasteiger partial charge in [-0.05, 0) is 47.1 Å². The highest BCUT2D eigenvalue weighted by atomic mass is 79.9. The molecule has 0 spiro atoms. The molecule has 5 nitrogen and oxygen atoms in total. The number of nitrogens with zero attached hydrogens (tertiary/aromatic N) is 2. The van der Waals surface area contributed by atoms with E-state index < -0.39 is 6.61 Å². The molecule has 0 aliphatic rings. The molecule has 0 saturated carbocycles. The fraction of sp³-hybridized carbons (Fsp3) is 0.231. The van der Waals surface area contributed by atoms with E-state index in [-0.39, 0.29) is 5.75 Å². The highest BCUT2D eigenvalue weighted by molar-refractivity contribution is 9.10. The van der Waals surface area contributed by atoms with Crippen molar-refractivity contribution in [3.8, 4) is 5.75 Å². The Labute approximate surface area is 128 Å². The molecule has 0 radical (unpaired) electrons. The summed E-state index contributed by atoms with van der Waals surface area (Å²) in [5.74, 6) is 1.35. The molecular formula is C13H13BrF2N4O. The molecule has 0 amide bonds. The van der Waals surface area contributed by atoms with Gasteiger partial charge >= 0.3 is 6.61 Å². The molecule has 0 unspecified atom stereocenters. The molecule has 0 atom stereocenters. The third-order valence-corrected chi connectivity index (χ3v) is 3.23. The van der Waals surface area contributed by atoms with Crippen molar-refractivity contribution in [2.45, 2.75) is 13.5 Å². The van der Waals surface area contributed by atoms with Crippen molar-refractivity contribution in [2.24, 2.45) is 0 Å². The number of anilines is 3. The fourth-order valence-electron chi connectivity index (χ4n) is 1.60. The molecule has 8 heteroatoms. The van der Waals surface area contributed by atoms with Crippen molar-refractivity contribution < 1.29 is 13.5 Å². The van der Waals surface area contributed by atoms with Gasteiger partial charge in [0.05, 0.1) is 0 Å². The van der Waals surface area contributed by atoms with Crippen LogP contribution in [0.3, 0.4) is 0 Å². The molecule has 1 aromatic heterocycles. The molecule has 112 valence electrons. The largest absolute Gasteiger partial charge is 0.435 e. The van der Waals surface area contributed by atoms with Gasteiger partial charge in [0.1, 0.15) is 28.2 Å². The number of nitrogens with one attached hydrogen (secondary N) is 2. The second-order valence-corrected chi connectivity index (χ2v) is 4.74. The Morgan fingerprint density at radius 3 is 2.48 bits per heavy atom. The van der Waals surface area contributed by atoms with Crippen molar-refractivity contribution in [3.05, 3.63) is 35.1 Å². The standard InChI is InChI=1S/C13H13BrF2N4O/c1-2-17-11-10(14)12(19-7-18-11)20-8-3-5-9(6-4-8)21-13(15)16/h3-7,13H,2H2,1H3,(H2,17,18,19,20). The van der Waals surface area contributed by atoms with Crippen LogP contribution in [0.1, 0.15) is 6.92 Å². The normalized spacial score (nSPS) is 10.5. The van der Waals surface area contributed by atoms with Crippen LogP contribution in [0.2, 0.25) is 0 Å². The summed E-state index contributed by atoms with van der Waals surface area (Å²) >= 11 is 3.41. The maximum absolute atomic E-state index is 12.1. The van der Waals surface area contributed by atoms with Crippen LogP contribution in [0, 0.1) is 0 Å². The third-order valence-electron chi connectivity index (χ3n) is 2.48. The summed E-state index contributed by atoms with van der Waals surface area (Å²) in [5.41, 5.74) is 0.693. The Balaban J connectivity index is 2.13. The van der Waals surface area contributed by atoms with Crippen LogP contribution in [-0.2, 0) is 0 Å². The van der Waals surface area contributed by atoms with Crippen LogP contribution >= 0.6 is 15.9 Å². The van der Waals surface area contributed by atoms with Gasteiger partial charge in [-0.15, -0.1) is 0 Å². The van der Waals surface area contributed by atoms with E-state index in [0.29, 0.717) is 21.8 Å². The van der Waals surface area contributed by atoms with E-state index in [4.69, 9.17) is 0 Å². The quantitative estimate of drug-likeness (QED) is 0.816. The molecule has 0 aliphatic carbocycles. The number of benzene rings is 1. The second kappa shape index (κ2) is 7.16. The average Bonchev–Trinajstić information content (AvgIpc) is 2.45. The molecule has 0 saturated heterocycles. The van der Waals surface area contributed by atoms with Crippen molar-refractivity contribution in [1.29, 1.82) is 0 Å². The van der Waals surface area contributed by atoms with Gasteiger partial charge in [0.25, 0.3) is 0 Å². The van der Waals surface area contributed by atoms with Crippen LogP contribution in [0.25, 0.3) is 0 Å². The lowest BCUT2D eigenvalue weighted by Gasteiger charge is -2.11. The lowest BCUT2D eigenvalue weighted by molar-refractivity contribution is -0.0498. The Hall–Kier alpha value is -1.96. The molecule has 2 rings (SSSR count). The minimum atomic E-state index is -2.83. The number of hydrogen-bond donors (Lipinski definition) is 2. The Kier molecular flexibility index (Phi) is 5.26. The number of ether oxygens (including phenoxy) is 1. The summed E-state index contributed by atoms with van der Waals surface area (Å²) in [5, 5.41) is 6.16. The predicted molar refractivity (Wildman–Crippen MR) is 80.3 cm³/mol. The van der Waals surface area contributed by atoms with E-state index in [9.17, 15) is 8.78 Å². The zero-order valence-corrected chi connectivity index (χ0v) is 12.7. The van der Waals surface area contributed by atoms with Crippen LogP contribution < -0.4 is 15.4 Å². The maximum Gasteiger partial charge on any atom is 0.387 e. The summed E-state index contributed by atoms with van der Waals surface area (Å²) in [4.78, 5) is 8.23. The monoisotopic (exact) mass is 358 g/mol. The lowest BCUT2D eigenvalue weighted by Crippen LogP contribution is -2.04. The van der Waals surface area contributed by atoms with Gasteiger partial charge in [-0.25, -0.2) is 9.97 Å². The number of halogens is 3. The first kappa shape index (κ1) is 15.4. The van der Waals surface area contributed by atoms with E-state index >= 15 is 0 Å². The van der Waals surface area contributed by atoms with Gasteiger partial charge in [0.2, 0.25) is 0 Å². The Bertz CT molecular complexity index is 595. The van der Waals surface area contributed by atoms with Crippen LogP contribution in [0.4, 0.5) is 26.1 Å². The molecule has 1 heterocycles. The summed E-state index contributed by atoms with van der Waals surface area (Å²) in [7, 11) is 0. The predicted octanol–water partition coefficient (Wildman–Crippen LogP) is 4.02. The number of hydrogen-bond acceptors (Lipinski definition) is 5. The third kappa shape index (κ3) is 4.25. The van der Waals surface area contributed by atoms with Crippen LogP contribution in [0.15, 0.2) is 35.1 Å². The van der Waals surface area contributed by atoms with Crippen molar-refractivity contribution in [3.63, 3.8) is 0 Å². The molecule has 0 bridgehead atoms. The van der Waals surface area contributed by atoms with Gasteiger partial charge < -0.3 is 15.4 Å². The van der Waals surface area contributed by atoms with E-state index in [0.717, 1.165) is 6.54 Å². The molecule has 0 fully saturated rings. The second-order valence-electron chi connectivity index (χ2n) is 3.94. The summed E-state index contributed by atoms with van der Waals surface area (Å²) in [6.07, 6.45) is 1.43. The first-order valence-electron chi connectivity index (χ1n) is 6.16. The average molecular weight is 359 g/mol. The zero-order chi connectivity index (χ0) is 15.2. The minimum Gasteiger partial charge on any atom is -0.435 e. The minimum absolute atomic E-state index is 0.102. The summed E-state index contributed by atoms with van der Waals surface area (Å²) < 4.78 is 29.1. The van der Waals surface area contributed by atoms with Gasteiger partial charge in [-0.1, -0.05) is 0 Å². The molecule has 1 aromatic carbocycles. The Morgan fingerprint density at radius 2 is 1.86 bits per heavy atom. The molecule has 0 aliphatic heterocycles. The number of aromatic nitrogens is 2. The van der Waals surface area contributed by atoms with E-state index in [1.165, 1.54) is 18.5 Å². The topological polar surface area (TPSA) is 59.1 Å². The van der Waals surface area contributed by atoms with Gasteiger partial charge in [-0.2, -0.15) is 8.78 Å². The molecule has 2 N–H and O–H groups in total. The fourth-order valence-corrected chi connectivity index (χ4v) is 2.05. The first-order valence-corrected chi connectivity index (χ1v) is 6.95. The lowest BCUT2D eigenvalue weighted by atomic mass is 10.3. The van der Waals surface area contributed by atoms with E-state index in [2.05, 4.69) is 41.3 Å². The van der Waals surface area contributed by atoms with Gasteiger partial charge in [-0.3, -0.25) is 0 Å². The Morgan fingerprint density at radius 1 is 1.19 bits per heavy atom. The van der Waals surface area contributed by atoms with Crippen molar-refractivity contribution >= 4 is 33.3 Å². The number of rotatable bonds is 6. The number of alkyl halides is 2. The zero-order valence-electron chi connectivity index (χ0n) is 11.1. The van der Waals surface area contributed by atoms with Crippen LogP contribution in [0.5, 0.6) is 5.75 Å². The SMILES string of the molecule is CCNc1ncnc(Nc2ccc(OC(F)F)cc2)c1Br. The van der Waals surface area contributed by atoms with Crippen molar-refractivity contribution in [2.75, 3.05) is 17.2 Å². The summed E-state index contributed by atoms with van der Waals surface area (Å²) in [6.45, 7) is -0.138. The van der Waals surface area contributed by atoms with Gasteiger partial charge in [0.15, 0.2) is 0 Å². The van der Waals surface area contributed by atoms with E-state index in [1.54, 1.807) is 12.1 Å². The van der Waals surface area contributed by atoms with Gasteiger partial charge in [0, 0.05) is 12.2 Å². The molecule has 21 heavy (non-hydrogen) atoms. The maximum atomic E-state index is 12.1.